The van der Waals surface area contributed by atoms with Gasteiger partial charge in [-0.1, -0.05) is 6.07 Å². The molecule has 0 spiro atoms. The van der Waals surface area contributed by atoms with Gasteiger partial charge in [-0.05, 0) is 11.4 Å². The molecule has 0 aliphatic carbocycles. The van der Waals surface area contributed by atoms with Crippen LogP contribution in [0.3, 0.4) is 0 Å². The van der Waals surface area contributed by atoms with Gasteiger partial charge in [0.15, 0.2) is 0 Å². The van der Waals surface area contributed by atoms with Gasteiger partial charge in [0.2, 0.25) is 0 Å². The predicted molar refractivity (Wildman–Crippen MR) is 82.7 cm³/mol. The summed E-state index contributed by atoms with van der Waals surface area (Å²) in [6.45, 7) is 0.433. The van der Waals surface area contributed by atoms with Crippen molar-refractivity contribution in [2.24, 2.45) is 0 Å². The monoisotopic (exact) mass is 328 g/mol. The summed E-state index contributed by atoms with van der Waals surface area (Å²) in [7, 11) is 0. The minimum absolute atomic E-state index is 0.0507. The Hall–Kier alpha value is -1.38. The number of carbonyl (C=O) groups is 2. The molecule has 0 aliphatic heterocycles. The lowest BCUT2D eigenvalue weighted by Crippen LogP contribution is -2.26. The number of thiazole rings is 1. The maximum absolute atomic E-state index is 11.8. The number of rotatable bonds is 7. The van der Waals surface area contributed by atoms with E-state index in [1.807, 2.05) is 17.5 Å². The number of thioether (sulfide) groups is 1. The quantitative estimate of drug-likeness (QED) is 0.763. The van der Waals surface area contributed by atoms with Crippen LogP contribution in [0.2, 0.25) is 0 Å². The van der Waals surface area contributed by atoms with Crippen LogP contribution < -0.4 is 5.32 Å². The highest BCUT2D eigenvalue weighted by Gasteiger charge is 2.11. The number of aromatic nitrogens is 1. The van der Waals surface area contributed by atoms with Crippen molar-refractivity contribution in [2.45, 2.75) is 0 Å². The first-order chi connectivity index (χ1) is 9.66. The molecule has 2 aromatic heterocycles. The van der Waals surface area contributed by atoms with E-state index in [1.54, 1.807) is 16.7 Å². The zero-order chi connectivity index (χ0) is 14.4. The van der Waals surface area contributed by atoms with Crippen LogP contribution in [0.25, 0.3) is 9.88 Å². The van der Waals surface area contributed by atoms with Gasteiger partial charge in [0, 0.05) is 17.7 Å². The van der Waals surface area contributed by atoms with E-state index in [0.717, 1.165) is 9.88 Å². The third-order valence-electron chi connectivity index (χ3n) is 2.23. The van der Waals surface area contributed by atoms with Gasteiger partial charge >= 0.3 is 5.97 Å². The van der Waals surface area contributed by atoms with Crippen LogP contribution in [0.4, 0.5) is 0 Å². The van der Waals surface area contributed by atoms with Gasteiger partial charge in [0.1, 0.15) is 10.7 Å². The van der Waals surface area contributed by atoms with E-state index in [9.17, 15) is 9.59 Å². The molecule has 0 aromatic carbocycles. The summed E-state index contributed by atoms with van der Waals surface area (Å²) in [5.41, 5.74) is 0.404. The van der Waals surface area contributed by atoms with Crippen molar-refractivity contribution in [1.82, 2.24) is 10.3 Å². The topological polar surface area (TPSA) is 79.3 Å². The van der Waals surface area contributed by atoms with Gasteiger partial charge in [-0.15, -0.1) is 34.4 Å². The van der Waals surface area contributed by atoms with E-state index in [0.29, 0.717) is 18.0 Å². The van der Waals surface area contributed by atoms with E-state index < -0.39 is 5.97 Å². The second kappa shape index (κ2) is 7.41. The molecule has 2 aromatic rings. The Kier molecular flexibility index (Phi) is 5.57. The number of nitrogens with zero attached hydrogens (tertiary/aromatic N) is 1. The highest BCUT2D eigenvalue weighted by Crippen LogP contribution is 2.27. The van der Waals surface area contributed by atoms with Crippen LogP contribution in [-0.2, 0) is 4.79 Å². The average Bonchev–Trinajstić information content (AvgIpc) is 3.08. The first-order valence-electron chi connectivity index (χ1n) is 5.74. The average molecular weight is 328 g/mol. The number of carbonyl (C=O) groups excluding carboxylic acids is 1. The van der Waals surface area contributed by atoms with Crippen molar-refractivity contribution in [1.29, 1.82) is 0 Å². The Morgan fingerprint density at radius 2 is 2.25 bits per heavy atom. The lowest BCUT2D eigenvalue weighted by atomic mass is 10.4. The SMILES string of the molecule is O=C(O)CSCCNC(=O)c1csc(-c2cccs2)n1. The van der Waals surface area contributed by atoms with Gasteiger partial charge in [-0.3, -0.25) is 9.59 Å². The van der Waals surface area contributed by atoms with Gasteiger partial charge in [-0.25, -0.2) is 4.98 Å². The van der Waals surface area contributed by atoms with Crippen molar-refractivity contribution in [2.75, 3.05) is 18.1 Å². The minimum Gasteiger partial charge on any atom is -0.481 e. The molecule has 20 heavy (non-hydrogen) atoms. The third-order valence-corrected chi connectivity index (χ3v) is 5.05. The molecule has 106 valence electrons. The molecule has 2 heterocycles. The molecule has 0 radical (unpaired) electrons. The lowest BCUT2D eigenvalue weighted by molar-refractivity contribution is -0.133. The van der Waals surface area contributed by atoms with Crippen LogP contribution in [0.5, 0.6) is 0 Å². The van der Waals surface area contributed by atoms with Crippen molar-refractivity contribution in [3.63, 3.8) is 0 Å². The van der Waals surface area contributed by atoms with E-state index in [1.165, 1.54) is 23.1 Å². The van der Waals surface area contributed by atoms with E-state index >= 15 is 0 Å². The fraction of sp³-hybridized carbons (Fsp3) is 0.250. The van der Waals surface area contributed by atoms with Crippen LogP contribution in [0.15, 0.2) is 22.9 Å². The third kappa shape index (κ3) is 4.32. The van der Waals surface area contributed by atoms with Crippen LogP contribution in [0.1, 0.15) is 10.5 Å². The number of aliphatic carboxylic acids is 1. The molecule has 8 heteroatoms. The molecule has 0 saturated heterocycles. The number of thiophene rings is 1. The number of hydrogen-bond donors (Lipinski definition) is 2. The number of hydrogen-bond acceptors (Lipinski definition) is 6. The fourth-order valence-corrected chi connectivity index (χ4v) is 3.56. The van der Waals surface area contributed by atoms with Crippen molar-refractivity contribution in [3.8, 4) is 9.88 Å². The van der Waals surface area contributed by atoms with E-state index in [-0.39, 0.29) is 11.7 Å². The van der Waals surface area contributed by atoms with Gasteiger partial charge in [0.05, 0.1) is 10.6 Å². The smallest absolute Gasteiger partial charge is 0.313 e. The molecule has 5 nitrogen and oxygen atoms in total. The molecule has 0 atom stereocenters. The summed E-state index contributed by atoms with van der Waals surface area (Å²) >= 11 is 4.30. The number of carboxylic acids is 1. The predicted octanol–water partition coefficient (Wildman–Crippen LogP) is 2.42. The highest BCUT2D eigenvalue weighted by molar-refractivity contribution is 7.99. The minimum atomic E-state index is -0.846. The summed E-state index contributed by atoms with van der Waals surface area (Å²) in [6.07, 6.45) is 0. The molecule has 0 unspecified atom stereocenters. The van der Waals surface area contributed by atoms with Gasteiger partial charge in [0.25, 0.3) is 5.91 Å². The summed E-state index contributed by atoms with van der Waals surface area (Å²) in [5.74, 6) is -0.448. The largest absolute Gasteiger partial charge is 0.481 e. The second-order valence-electron chi connectivity index (χ2n) is 3.72. The molecular weight excluding hydrogens is 316 g/mol. The first-order valence-corrected chi connectivity index (χ1v) is 8.65. The van der Waals surface area contributed by atoms with E-state index in [4.69, 9.17) is 5.11 Å². The number of carboxylic acid groups (broad SMARTS) is 1. The highest BCUT2D eigenvalue weighted by atomic mass is 32.2. The molecule has 0 bridgehead atoms. The van der Waals surface area contributed by atoms with Crippen LogP contribution >= 0.6 is 34.4 Å². The Balaban J connectivity index is 1.80. The van der Waals surface area contributed by atoms with Crippen molar-refractivity contribution in [3.05, 3.63) is 28.6 Å². The van der Waals surface area contributed by atoms with Crippen LogP contribution in [-0.4, -0.2) is 40.0 Å². The molecule has 0 saturated carbocycles. The summed E-state index contributed by atoms with van der Waals surface area (Å²) in [4.78, 5) is 27.5. The zero-order valence-electron chi connectivity index (χ0n) is 10.4. The van der Waals surface area contributed by atoms with E-state index in [2.05, 4.69) is 10.3 Å². The molecule has 1 amide bonds. The first kappa shape index (κ1) is 15.0. The molecule has 2 rings (SSSR count). The Morgan fingerprint density at radius 1 is 1.40 bits per heavy atom. The molecule has 2 N–H and O–H groups in total. The normalized spacial score (nSPS) is 10.4. The lowest BCUT2D eigenvalue weighted by Gasteiger charge is -2.01. The summed E-state index contributed by atoms with van der Waals surface area (Å²) in [6, 6.07) is 3.91. The maximum atomic E-state index is 11.8. The molecular formula is C12H12N2O3S3. The molecule has 0 fully saturated rings. The standard InChI is InChI=1S/C12H12N2O3S3/c15-10(16)7-18-5-3-13-11(17)8-6-20-12(14-8)9-2-1-4-19-9/h1-2,4,6H,3,5,7H2,(H,13,17)(H,15,16). The number of nitrogens with one attached hydrogen (secondary N) is 1. The number of amides is 1. The molecule has 0 aliphatic rings. The fourth-order valence-electron chi connectivity index (χ4n) is 1.38. The summed E-state index contributed by atoms with van der Waals surface area (Å²) in [5, 5.41) is 15.7. The van der Waals surface area contributed by atoms with Crippen molar-refractivity contribution < 1.29 is 14.7 Å². The zero-order valence-corrected chi connectivity index (χ0v) is 12.8. The summed E-state index contributed by atoms with van der Waals surface area (Å²) < 4.78 is 0. The maximum Gasteiger partial charge on any atom is 0.313 e. The Bertz CT molecular complexity index is 581. The van der Waals surface area contributed by atoms with Crippen molar-refractivity contribution >= 4 is 46.3 Å². The Morgan fingerprint density at radius 3 is 2.95 bits per heavy atom. The van der Waals surface area contributed by atoms with Gasteiger partial charge < -0.3 is 10.4 Å². The second-order valence-corrected chi connectivity index (χ2v) is 6.63. The van der Waals surface area contributed by atoms with Crippen LogP contribution in [0, 0.1) is 0 Å². The Labute approximate surface area is 128 Å². The van der Waals surface area contributed by atoms with Gasteiger partial charge in [-0.2, -0.15) is 0 Å².